The highest BCUT2D eigenvalue weighted by Gasteiger charge is 2.52. The molecular formula is C12H21NO3. The number of ether oxygens (including phenoxy) is 1. The number of carboxylic acids is 1. The van der Waals surface area contributed by atoms with Crippen molar-refractivity contribution in [1.82, 2.24) is 4.90 Å². The summed E-state index contributed by atoms with van der Waals surface area (Å²) in [7, 11) is 0. The van der Waals surface area contributed by atoms with Gasteiger partial charge >= 0.3 is 5.97 Å². The van der Waals surface area contributed by atoms with Crippen LogP contribution in [-0.2, 0) is 9.53 Å². The van der Waals surface area contributed by atoms with Crippen LogP contribution in [0.4, 0.5) is 0 Å². The van der Waals surface area contributed by atoms with E-state index in [1.807, 2.05) is 13.8 Å². The van der Waals surface area contributed by atoms with Crippen LogP contribution in [0.25, 0.3) is 0 Å². The normalized spacial score (nSPS) is 28.4. The van der Waals surface area contributed by atoms with E-state index in [1.54, 1.807) is 0 Å². The fraction of sp³-hybridized carbons (Fsp3) is 0.917. The van der Waals surface area contributed by atoms with E-state index in [9.17, 15) is 9.90 Å². The van der Waals surface area contributed by atoms with Gasteiger partial charge in [0.2, 0.25) is 0 Å². The quantitative estimate of drug-likeness (QED) is 0.790. The molecule has 0 amide bonds. The summed E-state index contributed by atoms with van der Waals surface area (Å²) in [6.07, 6.45) is 2.83. The van der Waals surface area contributed by atoms with E-state index in [-0.39, 0.29) is 0 Å². The molecule has 0 bridgehead atoms. The van der Waals surface area contributed by atoms with Gasteiger partial charge in [-0.05, 0) is 26.2 Å². The van der Waals surface area contributed by atoms with Gasteiger partial charge in [0.05, 0.1) is 0 Å². The van der Waals surface area contributed by atoms with Gasteiger partial charge in [0.15, 0.2) is 0 Å². The number of likely N-dealkylation sites (tertiary alicyclic amines) is 1. The van der Waals surface area contributed by atoms with Gasteiger partial charge in [-0.3, -0.25) is 9.69 Å². The third kappa shape index (κ3) is 1.74. The molecule has 0 saturated carbocycles. The number of nitrogens with zero attached hydrogens (tertiary/aromatic N) is 1. The third-order valence-electron chi connectivity index (χ3n) is 4.45. The monoisotopic (exact) mass is 227 g/mol. The minimum Gasteiger partial charge on any atom is -0.480 e. The lowest BCUT2D eigenvalue weighted by molar-refractivity contribution is -0.168. The van der Waals surface area contributed by atoms with E-state index in [4.69, 9.17) is 4.74 Å². The number of carboxylic acid groups (broad SMARTS) is 1. The highest BCUT2D eigenvalue weighted by Crippen LogP contribution is 2.43. The number of hydrogen-bond donors (Lipinski definition) is 1. The first-order valence-corrected chi connectivity index (χ1v) is 6.09. The molecule has 2 saturated heterocycles. The Balaban J connectivity index is 1.98. The van der Waals surface area contributed by atoms with E-state index < -0.39 is 11.5 Å². The molecule has 1 unspecified atom stereocenters. The molecule has 16 heavy (non-hydrogen) atoms. The van der Waals surface area contributed by atoms with Gasteiger partial charge in [0.25, 0.3) is 0 Å². The van der Waals surface area contributed by atoms with Crippen molar-refractivity contribution in [3.63, 3.8) is 0 Å². The Kier molecular flexibility index (Phi) is 2.97. The summed E-state index contributed by atoms with van der Waals surface area (Å²) in [5.41, 5.74) is -0.326. The van der Waals surface area contributed by atoms with Crippen molar-refractivity contribution in [3.8, 4) is 0 Å². The van der Waals surface area contributed by atoms with Crippen LogP contribution in [0.2, 0.25) is 0 Å². The maximum Gasteiger partial charge on any atom is 0.323 e. The zero-order valence-corrected chi connectivity index (χ0v) is 10.2. The van der Waals surface area contributed by atoms with E-state index in [2.05, 4.69) is 4.90 Å². The van der Waals surface area contributed by atoms with Gasteiger partial charge in [-0.25, -0.2) is 0 Å². The van der Waals surface area contributed by atoms with E-state index in [1.165, 1.54) is 0 Å². The van der Waals surface area contributed by atoms with E-state index in [0.29, 0.717) is 11.8 Å². The number of hydrogen-bond acceptors (Lipinski definition) is 3. The maximum absolute atomic E-state index is 11.3. The average Bonchev–Trinajstić information content (AvgIpc) is 2.25. The molecule has 1 atom stereocenters. The molecule has 2 heterocycles. The zero-order valence-electron chi connectivity index (χ0n) is 10.2. The van der Waals surface area contributed by atoms with Gasteiger partial charge in [0.1, 0.15) is 5.54 Å². The molecule has 92 valence electrons. The smallest absolute Gasteiger partial charge is 0.323 e. The second-order valence-corrected chi connectivity index (χ2v) is 5.40. The predicted octanol–water partition coefficient (Wildman–Crippen LogP) is 1.35. The van der Waals surface area contributed by atoms with Crippen molar-refractivity contribution in [2.24, 2.45) is 5.41 Å². The van der Waals surface area contributed by atoms with Crippen LogP contribution in [0.15, 0.2) is 0 Å². The Morgan fingerprint density at radius 3 is 2.44 bits per heavy atom. The van der Waals surface area contributed by atoms with Crippen molar-refractivity contribution in [3.05, 3.63) is 0 Å². The van der Waals surface area contributed by atoms with Gasteiger partial charge < -0.3 is 9.84 Å². The van der Waals surface area contributed by atoms with Crippen molar-refractivity contribution >= 4 is 5.97 Å². The molecule has 4 nitrogen and oxygen atoms in total. The average molecular weight is 227 g/mol. The highest BCUT2D eigenvalue weighted by atomic mass is 16.5. The Hall–Kier alpha value is -0.610. The lowest BCUT2D eigenvalue weighted by Crippen LogP contribution is -2.67. The fourth-order valence-electron chi connectivity index (χ4n) is 2.74. The second kappa shape index (κ2) is 4.00. The first-order chi connectivity index (χ1) is 7.52. The lowest BCUT2D eigenvalue weighted by atomic mass is 9.71. The van der Waals surface area contributed by atoms with Crippen LogP contribution in [0.5, 0.6) is 0 Å². The van der Waals surface area contributed by atoms with E-state index >= 15 is 0 Å². The van der Waals surface area contributed by atoms with Crippen molar-refractivity contribution in [2.45, 2.75) is 38.6 Å². The fourth-order valence-corrected chi connectivity index (χ4v) is 2.74. The van der Waals surface area contributed by atoms with Crippen LogP contribution in [0.1, 0.15) is 33.1 Å². The standard InChI is InChI=1S/C12H21NO3/c1-3-11(2,10(14)15)13-8-12(9-13)4-6-16-7-5-12/h3-9H2,1-2H3,(H,14,15). The molecular weight excluding hydrogens is 206 g/mol. The molecule has 2 aliphatic rings. The lowest BCUT2D eigenvalue weighted by Gasteiger charge is -2.57. The van der Waals surface area contributed by atoms with Crippen molar-refractivity contribution in [1.29, 1.82) is 0 Å². The molecule has 1 spiro atoms. The van der Waals surface area contributed by atoms with Gasteiger partial charge in [-0.1, -0.05) is 6.92 Å². The zero-order chi connectivity index (χ0) is 11.8. The van der Waals surface area contributed by atoms with Gasteiger partial charge in [-0.2, -0.15) is 0 Å². The Bertz CT molecular complexity index is 278. The third-order valence-corrected chi connectivity index (χ3v) is 4.45. The molecule has 0 radical (unpaired) electrons. The maximum atomic E-state index is 11.3. The second-order valence-electron chi connectivity index (χ2n) is 5.40. The summed E-state index contributed by atoms with van der Waals surface area (Å²) < 4.78 is 5.36. The van der Waals surface area contributed by atoms with Gasteiger partial charge in [0, 0.05) is 31.7 Å². The predicted molar refractivity (Wildman–Crippen MR) is 60.4 cm³/mol. The Morgan fingerprint density at radius 1 is 1.44 bits per heavy atom. The molecule has 0 aromatic carbocycles. The number of rotatable bonds is 3. The summed E-state index contributed by atoms with van der Waals surface area (Å²) in [5.74, 6) is -0.697. The Labute approximate surface area is 96.6 Å². The highest BCUT2D eigenvalue weighted by molar-refractivity contribution is 5.78. The SMILES string of the molecule is CCC(C)(C(=O)O)N1CC2(CCOCC2)C1. The summed E-state index contributed by atoms with van der Waals surface area (Å²) in [6.45, 7) is 7.30. The van der Waals surface area contributed by atoms with Gasteiger partial charge in [-0.15, -0.1) is 0 Å². The van der Waals surface area contributed by atoms with Crippen LogP contribution >= 0.6 is 0 Å². The van der Waals surface area contributed by atoms with Crippen molar-refractivity contribution < 1.29 is 14.6 Å². The van der Waals surface area contributed by atoms with Crippen LogP contribution in [0, 0.1) is 5.41 Å². The molecule has 4 heteroatoms. The summed E-state index contributed by atoms with van der Waals surface area (Å²) in [4.78, 5) is 13.4. The van der Waals surface area contributed by atoms with Crippen LogP contribution in [-0.4, -0.2) is 47.8 Å². The Morgan fingerprint density at radius 2 is 2.00 bits per heavy atom. The van der Waals surface area contributed by atoms with E-state index in [0.717, 1.165) is 39.1 Å². The molecule has 2 aliphatic heterocycles. The molecule has 0 aromatic rings. The summed E-state index contributed by atoms with van der Waals surface area (Å²) >= 11 is 0. The largest absolute Gasteiger partial charge is 0.480 e. The molecule has 2 fully saturated rings. The molecule has 2 rings (SSSR count). The number of carbonyl (C=O) groups is 1. The summed E-state index contributed by atoms with van der Waals surface area (Å²) in [6, 6.07) is 0. The van der Waals surface area contributed by atoms with Crippen molar-refractivity contribution in [2.75, 3.05) is 26.3 Å². The molecule has 0 aromatic heterocycles. The molecule has 1 N–H and O–H groups in total. The first-order valence-electron chi connectivity index (χ1n) is 6.09. The van der Waals surface area contributed by atoms with Crippen LogP contribution < -0.4 is 0 Å². The van der Waals surface area contributed by atoms with Crippen LogP contribution in [0.3, 0.4) is 0 Å². The minimum absolute atomic E-state index is 0.351. The molecule has 0 aliphatic carbocycles. The number of aliphatic carboxylic acids is 1. The summed E-state index contributed by atoms with van der Waals surface area (Å²) in [5, 5.41) is 9.29. The first kappa shape index (κ1) is 11.9. The topological polar surface area (TPSA) is 49.8 Å². The minimum atomic E-state index is -0.697.